The summed E-state index contributed by atoms with van der Waals surface area (Å²) in [5.74, 6) is 0. The molecule has 6 heteroatoms. The maximum absolute atomic E-state index is 11.8. The van der Waals surface area contributed by atoms with Crippen LogP contribution < -0.4 is 10.5 Å². The fourth-order valence-corrected chi connectivity index (χ4v) is 2.53. The van der Waals surface area contributed by atoms with Crippen molar-refractivity contribution in [2.75, 3.05) is 11.9 Å². The number of halogens is 1. The molecular weight excluding hydrogens is 320 g/mol. The smallest absolute Gasteiger partial charge is 0.282 e. The molecule has 0 saturated heterocycles. The molecule has 0 aliphatic carbocycles. The quantitative estimate of drug-likeness (QED) is 0.863. The lowest BCUT2D eigenvalue weighted by Gasteiger charge is -2.20. The maximum Gasteiger partial charge on any atom is 0.282 e. The first kappa shape index (κ1) is 14.3. The van der Waals surface area contributed by atoms with Crippen molar-refractivity contribution in [3.05, 3.63) is 56.4 Å². The molecule has 1 aromatic heterocycles. The van der Waals surface area contributed by atoms with Gasteiger partial charge >= 0.3 is 0 Å². The van der Waals surface area contributed by atoms with Crippen molar-refractivity contribution in [1.82, 2.24) is 9.78 Å². The van der Waals surface area contributed by atoms with E-state index in [1.54, 1.807) is 19.3 Å². The zero-order valence-electron chi connectivity index (χ0n) is 11.2. The van der Waals surface area contributed by atoms with Gasteiger partial charge in [-0.3, -0.25) is 4.79 Å². The lowest BCUT2D eigenvalue weighted by atomic mass is 10.1. The van der Waals surface area contributed by atoms with Crippen LogP contribution in [0.4, 0.5) is 5.69 Å². The molecule has 0 radical (unpaired) electrons. The van der Waals surface area contributed by atoms with E-state index in [1.807, 2.05) is 30.1 Å². The first-order valence-electron chi connectivity index (χ1n) is 5.95. The number of aryl methyl sites for hydroxylation is 1. The van der Waals surface area contributed by atoms with Crippen LogP contribution >= 0.6 is 15.9 Å². The first-order valence-corrected chi connectivity index (χ1v) is 6.74. The van der Waals surface area contributed by atoms with Gasteiger partial charge in [0.15, 0.2) is 0 Å². The molecule has 0 aliphatic rings. The number of aromatic nitrogens is 2. The Morgan fingerprint density at radius 1 is 1.50 bits per heavy atom. The van der Waals surface area contributed by atoms with Crippen LogP contribution in [0, 0.1) is 11.3 Å². The Balaban J connectivity index is 2.29. The minimum Gasteiger partial charge on any atom is -0.368 e. The number of hydrogen-bond acceptors (Lipinski definition) is 4. The molecule has 0 aliphatic heterocycles. The highest BCUT2D eigenvalue weighted by molar-refractivity contribution is 9.10. The summed E-state index contributed by atoms with van der Waals surface area (Å²) in [6.45, 7) is 0.586. The first-order chi connectivity index (χ1) is 9.52. The molecule has 5 nitrogen and oxygen atoms in total. The van der Waals surface area contributed by atoms with Gasteiger partial charge in [0.2, 0.25) is 0 Å². The maximum atomic E-state index is 11.8. The van der Waals surface area contributed by atoms with Crippen molar-refractivity contribution in [1.29, 1.82) is 5.26 Å². The van der Waals surface area contributed by atoms with Gasteiger partial charge in [-0.1, -0.05) is 12.1 Å². The molecule has 102 valence electrons. The van der Waals surface area contributed by atoms with Crippen LogP contribution in [0.5, 0.6) is 0 Å². The summed E-state index contributed by atoms with van der Waals surface area (Å²) < 4.78 is 1.76. The summed E-state index contributed by atoms with van der Waals surface area (Å²) >= 11 is 3.31. The molecule has 0 N–H and O–H groups in total. The summed E-state index contributed by atoms with van der Waals surface area (Å²) in [5, 5.41) is 12.9. The Hall–Kier alpha value is -2.13. The molecule has 1 aromatic carbocycles. The number of anilines is 1. The molecule has 20 heavy (non-hydrogen) atoms. The van der Waals surface area contributed by atoms with Crippen LogP contribution in [0.1, 0.15) is 11.1 Å². The van der Waals surface area contributed by atoms with E-state index in [9.17, 15) is 4.79 Å². The lowest BCUT2D eigenvalue weighted by molar-refractivity contribution is 0.698. The zero-order chi connectivity index (χ0) is 14.7. The zero-order valence-corrected chi connectivity index (χ0v) is 12.8. The topological polar surface area (TPSA) is 61.9 Å². The van der Waals surface area contributed by atoms with Gasteiger partial charge in [0, 0.05) is 20.6 Å². The van der Waals surface area contributed by atoms with Gasteiger partial charge in [-0.2, -0.15) is 10.4 Å². The summed E-state index contributed by atoms with van der Waals surface area (Å²) in [4.78, 5) is 13.7. The van der Waals surface area contributed by atoms with Gasteiger partial charge in [-0.25, -0.2) is 4.68 Å². The van der Waals surface area contributed by atoms with Crippen molar-refractivity contribution < 1.29 is 0 Å². The van der Waals surface area contributed by atoms with Gasteiger partial charge in [0.05, 0.1) is 23.5 Å². The standard InChI is InChI=1S/C14H13BrN4O/c1-18(9-11-5-3-4-10(6-11)7-16)12-8-17-19(2)14(20)13(12)15/h3-6,8H,9H2,1-2H3. The van der Waals surface area contributed by atoms with Crippen LogP contribution in [-0.2, 0) is 13.6 Å². The monoisotopic (exact) mass is 332 g/mol. The normalized spacial score (nSPS) is 10.1. The second kappa shape index (κ2) is 5.88. The Morgan fingerprint density at radius 2 is 2.25 bits per heavy atom. The third-order valence-corrected chi connectivity index (χ3v) is 3.69. The number of rotatable bonds is 3. The molecular formula is C14H13BrN4O. The highest BCUT2D eigenvalue weighted by atomic mass is 79.9. The molecule has 0 spiro atoms. The largest absolute Gasteiger partial charge is 0.368 e. The van der Waals surface area contributed by atoms with E-state index in [-0.39, 0.29) is 5.56 Å². The second-order valence-corrected chi connectivity index (χ2v) is 5.23. The lowest BCUT2D eigenvalue weighted by Crippen LogP contribution is -2.25. The van der Waals surface area contributed by atoms with Gasteiger partial charge in [-0.15, -0.1) is 0 Å². The third-order valence-electron chi connectivity index (χ3n) is 2.95. The fraction of sp³-hybridized carbons (Fsp3) is 0.214. The fourth-order valence-electron chi connectivity index (χ4n) is 1.87. The Morgan fingerprint density at radius 3 is 2.95 bits per heavy atom. The van der Waals surface area contributed by atoms with Crippen LogP contribution in [0.3, 0.4) is 0 Å². The number of nitrogens with zero attached hydrogens (tertiary/aromatic N) is 4. The third kappa shape index (κ3) is 2.89. The predicted molar refractivity (Wildman–Crippen MR) is 80.4 cm³/mol. The summed E-state index contributed by atoms with van der Waals surface area (Å²) in [7, 11) is 3.48. The Kier molecular flexibility index (Phi) is 4.20. The summed E-state index contributed by atoms with van der Waals surface area (Å²) in [6.07, 6.45) is 1.64. The molecule has 0 unspecified atom stereocenters. The SMILES string of the molecule is CN(Cc1cccc(C#N)c1)c1cnn(C)c(=O)c1Br. The van der Waals surface area contributed by atoms with Crippen molar-refractivity contribution in [2.24, 2.45) is 7.05 Å². The molecule has 0 fully saturated rings. The Bertz CT molecular complexity index is 733. The molecule has 0 atom stereocenters. The van der Waals surface area contributed by atoms with Gasteiger partial charge in [0.1, 0.15) is 4.47 Å². The van der Waals surface area contributed by atoms with Crippen molar-refractivity contribution >= 4 is 21.6 Å². The number of nitriles is 1. The van der Waals surface area contributed by atoms with Gasteiger partial charge < -0.3 is 4.90 Å². The molecule has 2 aromatic rings. The van der Waals surface area contributed by atoms with E-state index in [4.69, 9.17) is 5.26 Å². The molecule has 0 bridgehead atoms. The molecule has 2 rings (SSSR count). The van der Waals surface area contributed by atoms with Crippen LogP contribution in [-0.4, -0.2) is 16.8 Å². The minimum absolute atomic E-state index is 0.180. The van der Waals surface area contributed by atoms with E-state index in [1.165, 1.54) is 4.68 Å². The summed E-state index contributed by atoms with van der Waals surface area (Å²) in [5.41, 5.74) is 2.16. The average molecular weight is 333 g/mol. The summed E-state index contributed by atoms with van der Waals surface area (Å²) in [6, 6.07) is 9.50. The van der Waals surface area contributed by atoms with Crippen LogP contribution in [0.2, 0.25) is 0 Å². The van der Waals surface area contributed by atoms with Crippen molar-refractivity contribution in [2.45, 2.75) is 6.54 Å². The highest BCUT2D eigenvalue weighted by Crippen LogP contribution is 2.21. The van der Waals surface area contributed by atoms with E-state index >= 15 is 0 Å². The number of benzene rings is 1. The molecule has 1 heterocycles. The number of hydrogen-bond donors (Lipinski definition) is 0. The van der Waals surface area contributed by atoms with Crippen molar-refractivity contribution in [3.8, 4) is 6.07 Å². The van der Waals surface area contributed by atoms with Crippen molar-refractivity contribution in [3.63, 3.8) is 0 Å². The molecule has 0 saturated carbocycles. The van der Waals surface area contributed by atoms with Gasteiger partial charge in [-0.05, 0) is 33.6 Å². The minimum atomic E-state index is -0.180. The molecule has 0 amide bonds. The van der Waals surface area contributed by atoms with Gasteiger partial charge in [0.25, 0.3) is 5.56 Å². The van der Waals surface area contributed by atoms with E-state index in [0.717, 1.165) is 11.3 Å². The van der Waals surface area contributed by atoms with E-state index in [0.29, 0.717) is 16.6 Å². The predicted octanol–water partition coefficient (Wildman–Crippen LogP) is 2.05. The van der Waals surface area contributed by atoms with Crippen LogP contribution in [0.25, 0.3) is 0 Å². The van der Waals surface area contributed by atoms with Crippen LogP contribution in [0.15, 0.2) is 39.7 Å². The Labute approximate surface area is 125 Å². The van der Waals surface area contributed by atoms with E-state index in [2.05, 4.69) is 27.1 Å². The average Bonchev–Trinajstić information content (AvgIpc) is 2.45. The highest BCUT2D eigenvalue weighted by Gasteiger charge is 2.11. The van der Waals surface area contributed by atoms with E-state index < -0.39 is 0 Å². The second-order valence-electron chi connectivity index (χ2n) is 4.44.